The Labute approximate surface area is 194 Å². The monoisotopic (exact) mass is 473 g/mol. The Morgan fingerprint density at radius 1 is 1.24 bits per heavy atom. The molecule has 176 valence electrons. The Morgan fingerprint density at radius 3 is 2.82 bits per heavy atom. The van der Waals surface area contributed by atoms with E-state index >= 15 is 0 Å². The third-order valence-electron chi connectivity index (χ3n) is 5.56. The molecule has 1 aromatic heterocycles. The van der Waals surface area contributed by atoms with Crippen molar-refractivity contribution in [2.45, 2.75) is 64.5 Å². The van der Waals surface area contributed by atoms with Gasteiger partial charge in [0.05, 0.1) is 29.7 Å². The number of carbonyl (C=O) groups is 1. The summed E-state index contributed by atoms with van der Waals surface area (Å²) in [7, 11) is -2.21. The van der Waals surface area contributed by atoms with Gasteiger partial charge < -0.3 is 20.1 Å². The number of nitrogens with zero attached hydrogens (tertiary/aromatic N) is 1. The zero-order valence-electron chi connectivity index (χ0n) is 19.0. The highest BCUT2D eigenvalue weighted by Gasteiger charge is 2.34. The minimum Gasteiger partial charge on any atom is -0.462 e. The molecule has 10 heteroatoms. The summed E-state index contributed by atoms with van der Waals surface area (Å²) in [6.07, 6.45) is 2.91. The number of hydrogen-bond acceptors (Lipinski definition) is 8. The van der Waals surface area contributed by atoms with E-state index in [9.17, 15) is 9.36 Å². The zero-order chi connectivity index (χ0) is 23.4. The number of benzene rings is 1. The molecule has 2 aromatic rings. The fourth-order valence-electron chi connectivity index (χ4n) is 3.95. The number of rotatable bonds is 8. The van der Waals surface area contributed by atoms with E-state index in [0.717, 1.165) is 41.2 Å². The SMILES string of the molecule is CC(C)OC(=O)[C@@H](C)N[P+](=O)OCC1CCC(c2ccnc3c2CNc2ccccc2N3)O1. The average Bonchev–Trinajstić information content (AvgIpc) is 3.17. The largest absolute Gasteiger partial charge is 0.613 e. The van der Waals surface area contributed by atoms with E-state index in [1.54, 1.807) is 27.0 Å². The topological polar surface area (TPSA) is 111 Å². The summed E-state index contributed by atoms with van der Waals surface area (Å²) in [4.78, 5) is 16.4. The van der Waals surface area contributed by atoms with Gasteiger partial charge in [0.2, 0.25) is 0 Å². The Bertz CT molecular complexity index is 1020. The highest BCUT2D eigenvalue weighted by atomic mass is 31.1. The first-order chi connectivity index (χ1) is 15.9. The lowest BCUT2D eigenvalue weighted by atomic mass is 10.0. The number of pyridine rings is 1. The van der Waals surface area contributed by atoms with Crippen LogP contribution in [-0.2, 0) is 29.9 Å². The van der Waals surface area contributed by atoms with Gasteiger partial charge in [0.25, 0.3) is 0 Å². The van der Waals surface area contributed by atoms with Crippen LogP contribution >= 0.6 is 8.18 Å². The molecule has 33 heavy (non-hydrogen) atoms. The lowest BCUT2D eigenvalue weighted by Crippen LogP contribution is -2.33. The van der Waals surface area contributed by atoms with Crippen LogP contribution in [0.3, 0.4) is 0 Å². The van der Waals surface area contributed by atoms with Crippen LogP contribution in [0, 0.1) is 0 Å². The number of anilines is 3. The van der Waals surface area contributed by atoms with Crippen LogP contribution in [0.5, 0.6) is 0 Å². The summed E-state index contributed by atoms with van der Waals surface area (Å²) in [6, 6.07) is 9.31. The van der Waals surface area contributed by atoms with Gasteiger partial charge in [-0.25, -0.2) is 4.98 Å². The first kappa shape index (κ1) is 23.6. The second-order valence-corrected chi connectivity index (χ2v) is 9.50. The van der Waals surface area contributed by atoms with Crippen molar-refractivity contribution in [1.82, 2.24) is 10.1 Å². The minimum absolute atomic E-state index is 0.0917. The van der Waals surface area contributed by atoms with E-state index in [1.807, 2.05) is 30.3 Å². The maximum atomic E-state index is 12.2. The smallest absolute Gasteiger partial charge is 0.462 e. The summed E-state index contributed by atoms with van der Waals surface area (Å²) in [5.41, 5.74) is 4.18. The number of ether oxygens (including phenoxy) is 2. The Balaban J connectivity index is 1.32. The van der Waals surface area contributed by atoms with Crippen molar-refractivity contribution in [2.24, 2.45) is 0 Å². The van der Waals surface area contributed by atoms with E-state index in [0.29, 0.717) is 6.54 Å². The number of esters is 1. The maximum absolute atomic E-state index is 12.2. The lowest BCUT2D eigenvalue weighted by molar-refractivity contribution is -0.149. The highest BCUT2D eigenvalue weighted by molar-refractivity contribution is 7.36. The van der Waals surface area contributed by atoms with Crippen LogP contribution in [0.15, 0.2) is 36.5 Å². The molecule has 0 aliphatic carbocycles. The van der Waals surface area contributed by atoms with Crippen molar-refractivity contribution in [3.05, 3.63) is 47.7 Å². The second kappa shape index (κ2) is 10.6. The molecule has 4 atom stereocenters. The number of hydrogen-bond donors (Lipinski definition) is 3. The van der Waals surface area contributed by atoms with Gasteiger partial charge in [0.15, 0.2) is 0 Å². The van der Waals surface area contributed by atoms with Crippen LogP contribution < -0.4 is 15.7 Å². The molecule has 1 aromatic carbocycles. The predicted molar refractivity (Wildman–Crippen MR) is 126 cm³/mol. The van der Waals surface area contributed by atoms with Crippen LogP contribution in [0.1, 0.15) is 50.8 Å². The van der Waals surface area contributed by atoms with Gasteiger partial charge in [-0.05, 0) is 61.9 Å². The molecule has 4 rings (SSSR count). The minimum atomic E-state index is -2.21. The Morgan fingerprint density at radius 2 is 2.03 bits per heavy atom. The molecular weight excluding hydrogens is 443 g/mol. The lowest BCUT2D eigenvalue weighted by Gasteiger charge is -2.18. The molecule has 1 saturated heterocycles. The zero-order valence-corrected chi connectivity index (χ0v) is 19.9. The summed E-state index contributed by atoms with van der Waals surface area (Å²) in [5.74, 6) is 0.361. The molecule has 0 saturated carbocycles. The van der Waals surface area contributed by atoms with Gasteiger partial charge in [-0.15, -0.1) is 4.52 Å². The molecule has 2 aliphatic rings. The molecule has 2 aliphatic heterocycles. The van der Waals surface area contributed by atoms with Crippen LogP contribution in [-0.4, -0.2) is 35.8 Å². The van der Waals surface area contributed by atoms with Gasteiger partial charge in [-0.3, -0.25) is 4.79 Å². The van der Waals surface area contributed by atoms with E-state index in [2.05, 4.69) is 20.7 Å². The molecule has 9 nitrogen and oxygen atoms in total. The van der Waals surface area contributed by atoms with Crippen molar-refractivity contribution in [3.63, 3.8) is 0 Å². The standard InChI is InChI=1S/C23H30N4O5P/c1-14(2)31-23(28)15(3)27-33(29)30-13-16-8-9-21(32-16)17-10-11-24-22-18(17)12-25-19-6-4-5-7-20(19)26-22/h4-7,10-11,14-16,21,25H,8-9,12-13H2,1-3H3,(H,24,26)(H,27,29)/q+1/t15-,16?,21?/m1/s1. The molecule has 0 spiro atoms. The fraction of sp³-hybridized carbons (Fsp3) is 0.478. The summed E-state index contributed by atoms with van der Waals surface area (Å²) in [6.45, 7) is 5.95. The summed E-state index contributed by atoms with van der Waals surface area (Å²) >= 11 is 0. The van der Waals surface area contributed by atoms with Gasteiger partial charge in [0.1, 0.15) is 18.5 Å². The highest BCUT2D eigenvalue weighted by Crippen LogP contribution is 2.39. The van der Waals surface area contributed by atoms with Crippen molar-refractivity contribution in [3.8, 4) is 0 Å². The van der Waals surface area contributed by atoms with Gasteiger partial charge >= 0.3 is 14.1 Å². The number of para-hydroxylation sites is 2. The Kier molecular flexibility index (Phi) is 7.55. The van der Waals surface area contributed by atoms with Crippen molar-refractivity contribution < 1.29 is 23.4 Å². The number of aromatic nitrogens is 1. The van der Waals surface area contributed by atoms with E-state index in [-0.39, 0.29) is 24.9 Å². The quantitative estimate of drug-likeness (QED) is 0.375. The summed E-state index contributed by atoms with van der Waals surface area (Å²) < 4.78 is 29.0. The van der Waals surface area contributed by atoms with Crippen LogP contribution in [0.25, 0.3) is 0 Å². The normalized spacial score (nSPS) is 20.7. The number of fused-ring (bicyclic) bond motifs is 2. The Hall–Kier alpha value is -2.58. The average molecular weight is 473 g/mol. The molecule has 3 heterocycles. The molecule has 3 unspecified atom stereocenters. The molecule has 0 amide bonds. The molecule has 0 bridgehead atoms. The summed E-state index contributed by atoms with van der Waals surface area (Å²) in [5, 5.41) is 9.53. The van der Waals surface area contributed by atoms with Crippen molar-refractivity contribution in [1.29, 1.82) is 0 Å². The first-order valence-electron chi connectivity index (χ1n) is 11.2. The first-order valence-corrected chi connectivity index (χ1v) is 12.4. The fourth-order valence-corrected chi connectivity index (χ4v) is 4.75. The molecular formula is C23H30N4O5P+. The van der Waals surface area contributed by atoms with E-state index in [4.69, 9.17) is 14.0 Å². The van der Waals surface area contributed by atoms with Gasteiger partial charge in [-0.1, -0.05) is 17.2 Å². The van der Waals surface area contributed by atoms with E-state index in [1.165, 1.54) is 0 Å². The maximum Gasteiger partial charge on any atom is 0.613 e. The molecule has 0 radical (unpaired) electrons. The van der Waals surface area contributed by atoms with Gasteiger partial charge in [0, 0.05) is 18.3 Å². The van der Waals surface area contributed by atoms with E-state index < -0.39 is 20.2 Å². The van der Waals surface area contributed by atoms with Crippen molar-refractivity contribution >= 4 is 31.3 Å². The molecule has 3 N–H and O–H groups in total. The number of carbonyl (C=O) groups excluding carboxylic acids is 1. The molecule has 1 fully saturated rings. The van der Waals surface area contributed by atoms with Crippen molar-refractivity contribution in [2.75, 3.05) is 17.2 Å². The third-order valence-corrected chi connectivity index (χ3v) is 6.55. The predicted octanol–water partition coefficient (Wildman–Crippen LogP) is 4.57. The third kappa shape index (κ3) is 5.86. The van der Waals surface area contributed by atoms with Crippen LogP contribution in [0.4, 0.5) is 17.2 Å². The number of nitrogens with one attached hydrogen (secondary N) is 3. The second-order valence-electron chi connectivity index (χ2n) is 8.46. The van der Waals surface area contributed by atoms with Gasteiger partial charge in [-0.2, -0.15) is 0 Å². The van der Waals surface area contributed by atoms with Crippen LogP contribution in [0.2, 0.25) is 0 Å².